The molecule has 18 heavy (non-hydrogen) atoms. The standard InChI is InChI=1S/C15H22N2S/c1-14(2,3)13-16-11-8-7-10(9-12(11)17-13)18-15(4,5)6/h7-9H,1-6H3,(H,16,17). The normalized spacial score (nSPS) is 13.2. The molecule has 0 aliphatic rings. The Labute approximate surface area is 114 Å². The first-order valence-electron chi connectivity index (χ1n) is 6.34. The largest absolute Gasteiger partial charge is 0.342 e. The van der Waals surface area contributed by atoms with Gasteiger partial charge in [-0.1, -0.05) is 41.5 Å². The van der Waals surface area contributed by atoms with Crippen molar-refractivity contribution < 1.29 is 0 Å². The molecule has 0 unspecified atom stereocenters. The van der Waals surface area contributed by atoms with Crippen molar-refractivity contribution in [2.45, 2.75) is 56.6 Å². The summed E-state index contributed by atoms with van der Waals surface area (Å²) < 4.78 is 0.233. The molecular weight excluding hydrogens is 240 g/mol. The van der Waals surface area contributed by atoms with Crippen molar-refractivity contribution in [2.75, 3.05) is 0 Å². The number of aromatic amines is 1. The maximum atomic E-state index is 4.71. The predicted molar refractivity (Wildman–Crippen MR) is 80.4 cm³/mol. The fraction of sp³-hybridized carbons (Fsp3) is 0.533. The van der Waals surface area contributed by atoms with Gasteiger partial charge in [0.1, 0.15) is 5.82 Å². The molecule has 2 aromatic rings. The topological polar surface area (TPSA) is 28.7 Å². The van der Waals surface area contributed by atoms with Gasteiger partial charge >= 0.3 is 0 Å². The molecule has 1 aromatic heterocycles. The number of hydrogen-bond donors (Lipinski definition) is 1. The molecule has 2 nitrogen and oxygen atoms in total. The van der Waals surface area contributed by atoms with Crippen LogP contribution >= 0.6 is 11.8 Å². The van der Waals surface area contributed by atoms with Crippen molar-refractivity contribution in [3.8, 4) is 0 Å². The van der Waals surface area contributed by atoms with Gasteiger partial charge in [-0.3, -0.25) is 0 Å². The van der Waals surface area contributed by atoms with E-state index in [0.29, 0.717) is 0 Å². The number of thioether (sulfide) groups is 1. The van der Waals surface area contributed by atoms with Crippen LogP contribution in [0.3, 0.4) is 0 Å². The molecule has 1 N–H and O–H groups in total. The van der Waals surface area contributed by atoms with Crippen molar-refractivity contribution in [1.29, 1.82) is 0 Å². The van der Waals surface area contributed by atoms with Gasteiger partial charge in [0, 0.05) is 15.1 Å². The van der Waals surface area contributed by atoms with Gasteiger partial charge in [0.2, 0.25) is 0 Å². The van der Waals surface area contributed by atoms with Crippen molar-refractivity contribution in [2.24, 2.45) is 0 Å². The quantitative estimate of drug-likeness (QED) is 0.751. The third-order valence-electron chi connectivity index (χ3n) is 2.59. The minimum atomic E-state index is 0.0658. The Kier molecular flexibility index (Phi) is 3.22. The minimum absolute atomic E-state index is 0.0658. The third-order valence-corrected chi connectivity index (χ3v) is 3.69. The molecule has 0 spiro atoms. The maximum Gasteiger partial charge on any atom is 0.112 e. The smallest absolute Gasteiger partial charge is 0.112 e. The van der Waals surface area contributed by atoms with Gasteiger partial charge in [-0.15, -0.1) is 11.8 Å². The lowest BCUT2D eigenvalue weighted by molar-refractivity contribution is 0.554. The summed E-state index contributed by atoms with van der Waals surface area (Å²) in [5.41, 5.74) is 2.25. The fourth-order valence-electron chi connectivity index (χ4n) is 1.76. The number of rotatable bonds is 1. The van der Waals surface area contributed by atoms with Gasteiger partial charge in [0.15, 0.2) is 0 Å². The summed E-state index contributed by atoms with van der Waals surface area (Å²) in [5, 5.41) is 0. The molecule has 1 aromatic carbocycles. The van der Waals surface area contributed by atoms with E-state index in [1.54, 1.807) is 0 Å². The lowest BCUT2D eigenvalue weighted by Gasteiger charge is -2.17. The summed E-state index contributed by atoms with van der Waals surface area (Å²) in [6, 6.07) is 6.48. The van der Waals surface area contributed by atoms with Crippen LogP contribution in [0.1, 0.15) is 47.4 Å². The van der Waals surface area contributed by atoms with Gasteiger partial charge < -0.3 is 4.98 Å². The Morgan fingerprint density at radius 2 is 1.72 bits per heavy atom. The first kappa shape index (κ1) is 13.5. The first-order valence-corrected chi connectivity index (χ1v) is 7.16. The highest BCUT2D eigenvalue weighted by Crippen LogP contribution is 2.33. The third kappa shape index (κ3) is 3.08. The summed E-state index contributed by atoms with van der Waals surface area (Å²) in [7, 11) is 0. The summed E-state index contributed by atoms with van der Waals surface area (Å²) in [6.45, 7) is 13.2. The fourth-order valence-corrected chi connectivity index (χ4v) is 2.77. The molecule has 3 heteroatoms. The number of aromatic nitrogens is 2. The number of nitrogens with zero attached hydrogens (tertiary/aromatic N) is 1. The van der Waals surface area contributed by atoms with Crippen LogP contribution in [0.25, 0.3) is 11.0 Å². The van der Waals surface area contributed by atoms with E-state index in [1.807, 2.05) is 11.8 Å². The minimum Gasteiger partial charge on any atom is -0.342 e. The molecule has 0 amide bonds. The zero-order valence-corrected chi connectivity index (χ0v) is 12.9. The predicted octanol–water partition coefficient (Wildman–Crippen LogP) is 4.75. The Morgan fingerprint density at radius 3 is 2.28 bits per heavy atom. The number of fused-ring (bicyclic) bond motifs is 1. The van der Waals surface area contributed by atoms with Crippen molar-refractivity contribution >= 4 is 22.8 Å². The van der Waals surface area contributed by atoms with Gasteiger partial charge in [-0.25, -0.2) is 4.98 Å². The summed E-state index contributed by atoms with van der Waals surface area (Å²) in [6.07, 6.45) is 0. The number of benzene rings is 1. The Morgan fingerprint density at radius 1 is 1.06 bits per heavy atom. The van der Waals surface area contributed by atoms with Crippen LogP contribution in [-0.2, 0) is 5.41 Å². The Hall–Kier alpha value is -0.960. The number of hydrogen-bond acceptors (Lipinski definition) is 2. The molecule has 0 fully saturated rings. The number of H-pyrrole nitrogens is 1. The molecule has 0 atom stereocenters. The van der Waals surface area contributed by atoms with Crippen LogP contribution in [0.15, 0.2) is 23.1 Å². The number of imidazole rings is 1. The summed E-state index contributed by atoms with van der Waals surface area (Å²) in [4.78, 5) is 9.39. The van der Waals surface area contributed by atoms with Gasteiger partial charge in [-0.2, -0.15) is 0 Å². The van der Waals surface area contributed by atoms with E-state index in [9.17, 15) is 0 Å². The van der Waals surface area contributed by atoms with E-state index >= 15 is 0 Å². The zero-order chi connectivity index (χ0) is 13.6. The molecule has 0 radical (unpaired) electrons. The van der Waals surface area contributed by atoms with E-state index in [0.717, 1.165) is 16.9 Å². The van der Waals surface area contributed by atoms with Crippen LogP contribution in [0.5, 0.6) is 0 Å². The van der Waals surface area contributed by atoms with Crippen molar-refractivity contribution in [3.05, 3.63) is 24.0 Å². The highest BCUT2D eigenvalue weighted by atomic mass is 32.2. The second-order valence-corrected chi connectivity index (χ2v) is 8.63. The van der Waals surface area contributed by atoms with E-state index in [4.69, 9.17) is 4.98 Å². The highest BCUT2D eigenvalue weighted by Gasteiger charge is 2.19. The molecule has 0 saturated heterocycles. The molecular formula is C15H22N2S. The molecule has 0 saturated carbocycles. The lowest BCUT2D eigenvalue weighted by Crippen LogP contribution is -2.12. The first-order chi connectivity index (χ1) is 8.15. The zero-order valence-electron chi connectivity index (χ0n) is 12.1. The SMILES string of the molecule is CC(C)(C)Sc1ccc2[nH]c(C(C)(C)C)nc2c1. The molecule has 0 aliphatic carbocycles. The maximum absolute atomic E-state index is 4.71. The number of nitrogens with one attached hydrogen (secondary N) is 1. The van der Waals surface area contributed by atoms with Crippen molar-refractivity contribution in [1.82, 2.24) is 9.97 Å². The van der Waals surface area contributed by atoms with E-state index < -0.39 is 0 Å². The van der Waals surface area contributed by atoms with Crippen LogP contribution < -0.4 is 0 Å². The molecule has 2 rings (SSSR count). The summed E-state index contributed by atoms with van der Waals surface area (Å²) in [5.74, 6) is 1.05. The van der Waals surface area contributed by atoms with E-state index in [2.05, 4.69) is 64.7 Å². The molecule has 1 heterocycles. The Bertz CT molecular complexity index is 556. The van der Waals surface area contributed by atoms with E-state index in [-0.39, 0.29) is 10.2 Å². The van der Waals surface area contributed by atoms with Crippen LogP contribution in [0, 0.1) is 0 Å². The average Bonchev–Trinajstić information content (AvgIpc) is 2.57. The monoisotopic (exact) mass is 262 g/mol. The molecule has 0 bridgehead atoms. The average molecular weight is 262 g/mol. The van der Waals surface area contributed by atoms with Crippen molar-refractivity contribution in [3.63, 3.8) is 0 Å². The Balaban J connectivity index is 2.40. The summed E-state index contributed by atoms with van der Waals surface area (Å²) >= 11 is 1.88. The van der Waals surface area contributed by atoms with Crippen LogP contribution in [0.4, 0.5) is 0 Å². The van der Waals surface area contributed by atoms with E-state index in [1.165, 1.54) is 4.90 Å². The molecule has 0 aliphatic heterocycles. The molecule has 98 valence electrons. The van der Waals surface area contributed by atoms with Crippen LogP contribution in [0.2, 0.25) is 0 Å². The second kappa shape index (κ2) is 4.30. The lowest BCUT2D eigenvalue weighted by atomic mass is 9.96. The van der Waals surface area contributed by atoms with Gasteiger partial charge in [-0.05, 0) is 18.2 Å². The van der Waals surface area contributed by atoms with Gasteiger partial charge in [0.25, 0.3) is 0 Å². The van der Waals surface area contributed by atoms with Crippen LogP contribution in [-0.4, -0.2) is 14.7 Å². The highest BCUT2D eigenvalue weighted by molar-refractivity contribution is 8.00. The van der Waals surface area contributed by atoms with Gasteiger partial charge in [0.05, 0.1) is 11.0 Å². The second-order valence-electron chi connectivity index (χ2n) is 6.73.